The molecule has 52 heavy (non-hydrogen) atoms. The van der Waals surface area contributed by atoms with Gasteiger partial charge in [0.05, 0.1) is 38.4 Å². The second kappa shape index (κ2) is 18.9. The number of amides is 3. The minimum Gasteiger partial charge on any atom is -0.445 e. The summed E-state index contributed by atoms with van der Waals surface area (Å²) >= 11 is 0. The van der Waals surface area contributed by atoms with Gasteiger partial charge in [-0.15, -0.1) is 13.2 Å². The molecule has 2 unspecified atom stereocenters. The van der Waals surface area contributed by atoms with Crippen LogP contribution in [0.15, 0.2) is 116 Å². The first kappa shape index (κ1) is 38.1. The van der Waals surface area contributed by atoms with Crippen molar-refractivity contribution in [1.29, 1.82) is 0 Å². The van der Waals surface area contributed by atoms with Crippen LogP contribution in [-0.2, 0) is 38.8 Å². The van der Waals surface area contributed by atoms with E-state index in [1.165, 1.54) is 9.80 Å². The van der Waals surface area contributed by atoms with Gasteiger partial charge in [0.2, 0.25) is 0 Å². The summed E-state index contributed by atoms with van der Waals surface area (Å²) in [5.41, 5.74) is 2.91. The van der Waals surface area contributed by atoms with Crippen LogP contribution < -0.4 is 0 Å². The largest absolute Gasteiger partial charge is 0.445 e. The fourth-order valence-corrected chi connectivity index (χ4v) is 5.98. The number of morpholine rings is 1. The zero-order valence-corrected chi connectivity index (χ0v) is 29.2. The summed E-state index contributed by atoms with van der Waals surface area (Å²) < 4.78 is 20.8. The van der Waals surface area contributed by atoms with Gasteiger partial charge >= 0.3 is 18.3 Å². The highest BCUT2D eigenvalue weighted by Crippen LogP contribution is 2.31. The van der Waals surface area contributed by atoms with Gasteiger partial charge in [-0.25, -0.2) is 14.4 Å². The standard InChI is InChI=1S/2C14H17NO3.C12H13NO3/c2*1-2-12-8-15(9-13(12)16)14(17)18-10-11-6-4-3-5-7-11;14-12(13-6-10-11(7-13)16-10)15-8-9-4-2-1-3-5-9/h2*2-7,12-13,16H,1,8-10H2;1-5,10-11H,6-8H2/t2*12-,13-;/m10./s1. The lowest BCUT2D eigenvalue weighted by Crippen LogP contribution is -2.32. The number of aliphatic hydroxyl groups is 2. The summed E-state index contributed by atoms with van der Waals surface area (Å²) in [5.74, 6) is -0.122. The quantitative estimate of drug-likeness (QED) is 0.187. The molecule has 7 rings (SSSR count). The number of aliphatic hydroxyl groups excluding tert-OH is 2. The molecule has 12 nitrogen and oxygen atoms in total. The van der Waals surface area contributed by atoms with E-state index in [1.54, 1.807) is 17.1 Å². The molecule has 4 aliphatic heterocycles. The van der Waals surface area contributed by atoms with Crippen LogP contribution in [0.1, 0.15) is 16.7 Å². The molecule has 4 heterocycles. The van der Waals surface area contributed by atoms with Crippen LogP contribution in [0.5, 0.6) is 0 Å². The van der Waals surface area contributed by atoms with Crippen molar-refractivity contribution in [3.8, 4) is 0 Å². The van der Waals surface area contributed by atoms with Crippen LogP contribution in [0.2, 0.25) is 0 Å². The molecule has 6 atom stereocenters. The molecule has 3 aromatic rings. The van der Waals surface area contributed by atoms with Crippen molar-refractivity contribution in [1.82, 2.24) is 14.7 Å². The zero-order valence-electron chi connectivity index (χ0n) is 29.2. The van der Waals surface area contributed by atoms with Crippen LogP contribution >= 0.6 is 0 Å². The summed E-state index contributed by atoms with van der Waals surface area (Å²) in [6.45, 7) is 11.1. The van der Waals surface area contributed by atoms with E-state index in [0.29, 0.717) is 45.9 Å². The highest BCUT2D eigenvalue weighted by molar-refractivity contribution is 5.69. The molecule has 4 fully saturated rings. The van der Waals surface area contributed by atoms with Gasteiger partial charge in [0.25, 0.3) is 0 Å². The Labute approximate surface area is 304 Å². The van der Waals surface area contributed by atoms with E-state index in [9.17, 15) is 24.6 Å². The molecular formula is C40H47N3O9. The number of likely N-dealkylation sites (tertiary alicyclic amines) is 3. The fourth-order valence-electron chi connectivity index (χ4n) is 5.98. The summed E-state index contributed by atoms with van der Waals surface area (Å²) in [5, 5.41) is 19.3. The zero-order chi connectivity index (χ0) is 36.9. The Morgan fingerprint density at radius 3 is 1.15 bits per heavy atom. The summed E-state index contributed by atoms with van der Waals surface area (Å²) in [6, 6.07) is 28.7. The molecule has 3 aromatic carbocycles. The Morgan fingerprint density at radius 2 is 0.865 bits per heavy atom. The van der Waals surface area contributed by atoms with E-state index >= 15 is 0 Å². The molecule has 4 aliphatic rings. The maximum atomic E-state index is 11.8. The monoisotopic (exact) mass is 713 g/mol. The van der Waals surface area contributed by atoms with Crippen molar-refractivity contribution in [3.05, 3.63) is 133 Å². The second-order valence-corrected chi connectivity index (χ2v) is 13.0. The predicted octanol–water partition coefficient (Wildman–Crippen LogP) is 5.01. The van der Waals surface area contributed by atoms with Gasteiger partial charge in [-0.2, -0.15) is 0 Å². The first-order chi connectivity index (χ1) is 25.2. The Bertz CT molecular complexity index is 1520. The van der Waals surface area contributed by atoms with Crippen molar-refractivity contribution in [2.24, 2.45) is 11.8 Å². The van der Waals surface area contributed by atoms with Gasteiger partial charge in [0.15, 0.2) is 0 Å². The number of hydrogen-bond donors (Lipinski definition) is 2. The smallest absolute Gasteiger partial charge is 0.410 e. The molecule has 12 heteroatoms. The molecule has 276 valence electrons. The Morgan fingerprint density at radius 1 is 0.558 bits per heavy atom. The first-order valence-corrected chi connectivity index (χ1v) is 17.4. The van der Waals surface area contributed by atoms with E-state index in [0.717, 1.165) is 16.7 Å². The molecule has 0 aromatic heterocycles. The lowest BCUT2D eigenvalue weighted by atomic mass is 10.1. The van der Waals surface area contributed by atoms with Crippen LogP contribution in [0.3, 0.4) is 0 Å². The molecule has 0 aliphatic carbocycles. The number of carbonyl (C=O) groups is 3. The lowest BCUT2D eigenvalue weighted by molar-refractivity contribution is 0.0902. The predicted molar refractivity (Wildman–Crippen MR) is 193 cm³/mol. The summed E-state index contributed by atoms with van der Waals surface area (Å²) in [7, 11) is 0. The first-order valence-electron chi connectivity index (χ1n) is 17.4. The SMILES string of the molecule is C=C[C@@H]1CN(C(=O)OCc2ccccc2)C[C@H]1O.C=C[C@H]1CN(C(=O)OCc2ccccc2)C[C@@H]1O.O=C(OCc1ccccc1)N1CC2OC2C1. The van der Waals surface area contributed by atoms with Crippen molar-refractivity contribution >= 4 is 18.3 Å². The Balaban J connectivity index is 0.000000151. The fraction of sp³-hybridized carbons (Fsp3) is 0.375. The molecule has 3 amide bonds. The molecule has 2 N–H and O–H groups in total. The minimum absolute atomic E-state index is 0.0609. The number of ether oxygens (including phenoxy) is 4. The number of epoxide rings is 1. The van der Waals surface area contributed by atoms with Crippen LogP contribution in [-0.4, -0.2) is 107 Å². The number of nitrogens with zero attached hydrogens (tertiary/aromatic N) is 3. The molecular weight excluding hydrogens is 666 g/mol. The van der Waals surface area contributed by atoms with Gasteiger partial charge in [-0.3, -0.25) is 0 Å². The van der Waals surface area contributed by atoms with E-state index in [-0.39, 0.29) is 55.5 Å². The van der Waals surface area contributed by atoms with E-state index < -0.39 is 12.2 Å². The molecule has 4 saturated heterocycles. The third kappa shape index (κ3) is 11.2. The Kier molecular flexibility index (Phi) is 13.8. The topological polar surface area (TPSA) is 142 Å². The van der Waals surface area contributed by atoms with Gasteiger partial charge in [-0.05, 0) is 16.7 Å². The van der Waals surface area contributed by atoms with Crippen molar-refractivity contribution < 1.29 is 43.5 Å². The number of β-amino-alcohol motifs (C(OH)–C–C–N with tert-alkyl or cyclic N) is 2. The summed E-state index contributed by atoms with van der Waals surface area (Å²) in [4.78, 5) is 39.9. The second-order valence-electron chi connectivity index (χ2n) is 13.0. The third-order valence-corrected chi connectivity index (χ3v) is 9.15. The highest BCUT2D eigenvalue weighted by Gasteiger charge is 2.49. The van der Waals surface area contributed by atoms with Crippen molar-refractivity contribution in [2.45, 2.75) is 44.2 Å². The number of fused-ring (bicyclic) bond motifs is 1. The van der Waals surface area contributed by atoms with Gasteiger partial charge in [0, 0.05) is 24.9 Å². The van der Waals surface area contributed by atoms with Crippen LogP contribution in [0.25, 0.3) is 0 Å². The maximum Gasteiger partial charge on any atom is 0.410 e. The normalized spacial score (nSPS) is 23.9. The molecule has 0 spiro atoms. The Hall–Kier alpha value is -5.17. The van der Waals surface area contributed by atoms with Crippen molar-refractivity contribution in [3.63, 3.8) is 0 Å². The van der Waals surface area contributed by atoms with E-state index in [2.05, 4.69) is 13.2 Å². The molecule has 0 bridgehead atoms. The van der Waals surface area contributed by atoms with Crippen LogP contribution in [0, 0.1) is 11.8 Å². The van der Waals surface area contributed by atoms with Crippen LogP contribution in [0.4, 0.5) is 14.4 Å². The maximum absolute atomic E-state index is 11.8. The number of hydrogen-bond acceptors (Lipinski definition) is 9. The molecule has 0 radical (unpaired) electrons. The average Bonchev–Trinajstić information content (AvgIpc) is 3.44. The number of rotatable bonds is 8. The van der Waals surface area contributed by atoms with E-state index in [4.69, 9.17) is 18.9 Å². The molecule has 0 saturated carbocycles. The van der Waals surface area contributed by atoms with Gasteiger partial charge in [0.1, 0.15) is 32.0 Å². The minimum atomic E-state index is -0.535. The third-order valence-electron chi connectivity index (χ3n) is 9.15. The average molecular weight is 714 g/mol. The lowest BCUT2D eigenvalue weighted by Gasteiger charge is -2.16. The highest BCUT2D eigenvalue weighted by atomic mass is 16.6. The number of carbonyl (C=O) groups excluding carboxylic acids is 3. The van der Waals surface area contributed by atoms with Crippen molar-refractivity contribution in [2.75, 3.05) is 39.3 Å². The van der Waals surface area contributed by atoms with E-state index in [1.807, 2.05) is 91.0 Å². The van der Waals surface area contributed by atoms with Gasteiger partial charge in [-0.1, -0.05) is 103 Å². The number of benzene rings is 3. The van der Waals surface area contributed by atoms with Gasteiger partial charge < -0.3 is 43.9 Å². The summed E-state index contributed by atoms with van der Waals surface area (Å²) in [6.07, 6.45) is 1.81.